The Bertz CT molecular complexity index is 1050. The van der Waals surface area contributed by atoms with Crippen molar-refractivity contribution in [2.75, 3.05) is 27.3 Å². The molecule has 4 nitrogen and oxygen atoms in total. The fraction of sp³-hybridized carbons (Fsp3) is 0.419. The summed E-state index contributed by atoms with van der Waals surface area (Å²) in [7, 11) is 3.48. The Kier molecular flexibility index (Phi) is 7.40. The van der Waals surface area contributed by atoms with Gasteiger partial charge in [0.15, 0.2) is 0 Å². The molecule has 2 bridgehead atoms. The second kappa shape index (κ2) is 10.8. The van der Waals surface area contributed by atoms with E-state index in [-0.39, 0.29) is 0 Å². The summed E-state index contributed by atoms with van der Waals surface area (Å²) in [6, 6.07) is 27.3. The Hall–Kier alpha value is -2.82. The molecule has 0 radical (unpaired) electrons. The summed E-state index contributed by atoms with van der Waals surface area (Å²) in [4.78, 5) is 2.74. The first-order valence-electron chi connectivity index (χ1n) is 13.0. The number of hydrogen-bond donors (Lipinski definition) is 1. The largest absolute Gasteiger partial charge is 0.496 e. The Morgan fingerprint density at radius 2 is 1.40 bits per heavy atom. The van der Waals surface area contributed by atoms with Crippen molar-refractivity contribution in [2.45, 2.75) is 50.7 Å². The zero-order chi connectivity index (χ0) is 24.2. The summed E-state index contributed by atoms with van der Waals surface area (Å²) >= 11 is 0. The Balaban J connectivity index is 1.48. The average molecular weight is 471 g/mol. The maximum absolute atomic E-state index is 5.77. The molecule has 35 heavy (non-hydrogen) atoms. The molecule has 2 atom stereocenters. The van der Waals surface area contributed by atoms with Crippen LogP contribution in [0.25, 0.3) is 0 Å². The van der Waals surface area contributed by atoms with Crippen molar-refractivity contribution in [3.05, 3.63) is 95.1 Å². The summed E-state index contributed by atoms with van der Waals surface area (Å²) in [5, 5.41) is 4.04. The van der Waals surface area contributed by atoms with E-state index in [9.17, 15) is 0 Å². The maximum Gasteiger partial charge on any atom is 0.127 e. The molecular formula is C31H38N2O2. The van der Waals surface area contributed by atoms with Gasteiger partial charge in [0, 0.05) is 36.2 Å². The van der Waals surface area contributed by atoms with Crippen LogP contribution in [-0.2, 0) is 13.0 Å². The molecule has 0 saturated carbocycles. The third-order valence-corrected chi connectivity index (χ3v) is 8.12. The lowest BCUT2D eigenvalue weighted by molar-refractivity contribution is 0.00462. The molecule has 0 spiro atoms. The molecule has 4 heteroatoms. The van der Waals surface area contributed by atoms with Crippen molar-refractivity contribution in [3.8, 4) is 11.5 Å². The van der Waals surface area contributed by atoms with Crippen molar-refractivity contribution in [3.63, 3.8) is 0 Å². The molecule has 1 N–H and O–H groups in total. The number of methoxy groups -OCH3 is 2. The highest BCUT2D eigenvalue weighted by Gasteiger charge is 2.46. The highest BCUT2D eigenvalue weighted by atomic mass is 16.5. The third kappa shape index (κ3) is 4.82. The first kappa shape index (κ1) is 23.9. The molecule has 3 aliphatic rings. The van der Waals surface area contributed by atoms with Crippen LogP contribution in [0.3, 0.4) is 0 Å². The van der Waals surface area contributed by atoms with Crippen molar-refractivity contribution in [1.82, 2.24) is 10.2 Å². The van der Waals surface area contributed by atoms with E-state index in [1.54, 1.807) is 14.2 Å². The molecule has 0 aromatic heterocycles. The fourth-order valence-corrected chi connectivity index (χ4v) is 6.38. The van der Waals surface area contributed by atoms with Crippen LogP contribution in [0.15, 0.2) is 72.8 Å². The summed E-state index contributed by atoms with van der Waals surface area (Å²) in [6.07, 6.45) is 3.47. The number of hydrogen-bond acceptors (Lipinski definition) is 4. The zero-order valence-corrected chi connectivity index (χ0v) is 21.2. The van der Waals surface area contributed by atoms with Gasteiger partial charge in [-0.25, -0.2) is 0 Å². The lowest BCUT2D eigenvalue weighted by Crippen LogP contribution is -2.64. The van der Waals surface area contributed by atoms with Crippen LogP contribution in [0.2, 0.25) is 0 Å². The SMILES string of the molecule is CCc1cc(CN[C@H]2C3CCN(CC3)[C@H]2C(c2ccccc2)c2ccccc2)c(OC)cc1OC. The van der Waals surface area contributed by atoms with Crippen LogP contribution < -0.4 is 14.8 Å². The predicted octanol–water partition coefficient (Wildman–Crippen LogP) is 5.65. The van der Waals surface area contributed by atoms with Gasteiger partial charge in [-0.2, -0.15) is 0 Å². The number of rotatable bonds is 9. The molecule has 3 aromatic carbocycles. The molecule has 0 amide bonds. The summed E-state index contributed by atoms with van der Waals surface area (Å²) in [6.45, 7) is 5.35. The second-order valence-electron chi connectivity index (χ2n) is 9.90. The molecule has 6 rings (SSSR count). The van der Waals surface area contributed by atoms with Crippen LogP contribution in [0.5, 0.6) is 11.5 Å². The highest BCUT2D eigenvalue weighted by molar-refractivity contribution is 5.47. The van der Waals surface area contributed by atoms with Crippen molar-refractivity contribution >= 4 is 0 Å². The predicted molar refractivity (Wildman–Crippen MR) is 142 cm³/mol. The highest BCUT2D eigenvalue weighted by Crippen LogP contribution is 2.42. The van der Waals surface area contributed by atoms with Gasteiger partial charge < -0.3 is 14.8 Å². The van der Waals surface area contributed by atoms with Gasteiger partial charge in [-0.3, -0.25) is 4.90 Å². The van der Waals surface area contributed by atoms with Crippen molar-refractivity contribution in [1.29, 1.82) is 0 Å². The number of benzene rings is 3. The Morgan fingerprint density at radius 1 is 0.829 bits per heavy atom. The van der Waals surface area contributed by atoms with Gasteiger partial charge in [-0.05, 0) is 61.0 Å². The van der Waals surface area contributed by atoms with E-state index in [0.717, 1.165) is 24.5 Å². The summed E-state index contributed by atoms with van der Waals surface area (Å²) in [5.74, 6) is 2.82. The minimum Gasteiger partial charge on any atom is -0.496 e. The molecule has 184 valence electrons. The molecule has 3 fully saturated rings. The van der Waals surface area contributed by atoms with Gasteiger partial charge in [0.05, 0.1) is 14.2 Å². The number of nitrogens with zero attached hydrogens (tertiary/aromatic N) is 1. The minimum atomic E-state index is 0.335. The van der Waals surface area contributed by atoms with E-state index in [2.05, 4.69) is 83.9 Å². The number of nitrogens with one attached hydrogen (secondary N) is 1. The van der Waals surface area contributed by atoms with E-state index in [1.165, 1.54) is 48.2 Å². The fourth-order valence-electron chi connectivity index (χ4n) is 6.38. The molecule has 0 aliphatic carbocycles. The maximum atomic E-state index is 5.77. The average Bonchev–Trinajstić information content (AvgIpc) is 2.93. The van der Waals surface area contributed by atoms with Gasteiger partial charge >= 0.3 is 0 Å². The summed E-state index contributed by atoms with van der Waals surface area (Å²) < 4.78 is 11.4. The van der Waals surface area contributed by atoms with Crippen LogP contribution in [0, 0.1) is 5.92 Å². The first-order chi connectivity index (χ1) is 17.2. The third-order valence-electron chi connectivity index (χ3n) is 8.12. The van der Waals surface area contributed by atoms with Crippen LogP contribution in [0.1, 0.15) is 47.9 Å². The van der Waals surface area contributed by atoms with E-state index >= 15 is 0 Å². The number of aryl methyl sites for hydroxylation is 1. The van der Waals surface area contributed by atoms with Crippen molar-refractivity contribution < 1.29 is 9.47 Å². The molecule has 0 unspecified atom stereocenters. The Morgan fingerprint density at radius 3 is 1.94 bits per heavy atom. The normalized spacial score (nSPS) is 23.4. The van der Waals surface area contributed by atoms with Crippen molar-refractivity contribution in [2.24, 2.45) is 5.92 Å². The van der Waals surface area contributed by atoms with Crippen LogP contribution >= 0.6 is 0 Å². The monoisotopic (exact) mass is 470 g/mol. The van der Waals surface area contributed by atoms with Crippen LogP contribution in [0.4, 0.5) is 0 Å². The minimum absolute atomic E-state index is 0.335. The molecule has 3 aromatic rings. The number of fused-ring (bicyclic) bond motifs is 3. The van der Waals surface area contributed by atoms with Gasteiger partial charge in [0.25, 0.3) is 0 Å². The molecular weight excluding hydrogens is 432 g/mol. The first-order valence-corrected chi connectivity index (χ1v) is 13.0. The van der Waals surface area contributed by atoms with Gasteiger partial charge in [-0.15, -0.1) is 0 Å². The zero-order valence-electron chi connectivity index (χ0n) is 21.2. The molecule has 3 saturated heterocycles. The Labute approximate surface area is 210 Å². The number of ether oxygens (including phenoxy) is 2. The van der Waals surface area contributed by atoms with Crippen LogP contribution in [-0.4, -0.2) is 44.3 Å². The smallest absolute Gasteiger partial charge is 0.127 e. The summed E-state index contributed by atoms with van der Waals surface area (Å²) in [5.41, 5.74) is 5.23. The van der Waals surface area contributed by atoms with Gasteiger partial charge in [0.1, 0.15) is 11.5 Å². The lowest BCUT2D eigenvalue weighted by Gasteiger charge is -2.54. The lowest BCUT2D eigenvalue weighted by atomic mass is 9.70. The van der Waals surface area contributed by atoms with Gasteiger partial charge in [0.2, 0.25) is 0 Å². The standard InChI is InChI=1S/C31H38N2O2/c1-4-22-19-26(28(35-3)20-27(22)34-2)21-32-30-25-15-17-33(18-16-25)31(30)29(23-11-7-5-8-12-23)24-13-9-6-10-14-24/h5-14,19-20,25,29-32H,4,15-18,21H2,1-3H3/t30-,31-/m0/s1. The quantitative estimate of drug-likeness (QED) is 0.438. The van der Waals surface area contributed by atoms with E-state index < -0.39 is 0 Å². The second-order valence-corrected chi connectivity index (χ2v) is 9.90. The van der Waals surface area contributed by atoms with E-state index in [4.69, 9.17) is 9.47 Å². The van der Waals surface area contributed by atoms with Gasteiger partial charge in [-0.1, -0.05) is 67.6 Å². The van der Waals surface area contributed by atoms with E-state index in [0.29, 0.717) is 23.9 Å². The molecule has 3 aliphatic heterocycles. The molecule has 3 heterocycles. The van der Waals surface area contributed by atoms with E-state index in [1.807, 2.05) is 6.07 Å². The topological polar surface area (TPSA) is 33.7 Å². The number of piperidine rings is 3.